The Balaban J connectivity index is 1.45. The monoisotopic (exact) mass is 457 g/mol. The number of nitrogens with zero attached hydrogens (tertiary/aromatic N) is 3. The fraction of sp³-hybridized carbons (Fsp3) is 0.296. The molecule has 0 bridgehead atoms. The first-order valence-corrected chi connectivity index (χ1v) is 11.4. The van der Waals surface area contributed by atoms with Gasteiger partial charge in [-0.05, 0) is 56.7 Å². The number of hydrogen-bond donors (Lipinski definition) is 1. The standard InChI is InChI=1S/C27H27N3O4/c1-17-16-30(12-13-33-17)26(31)19-6-4-18(5-7-19)23-15-22-25(34-23)21(9-11-28-22)20-8-10-29-24(14-20)27(2,3)32/h4-11,14-15,17,32H,12-13,16H2,1-3H3/t17-/m1/s1. The Kier molecular flexibility index (Phi) is 5.67. The third-order valence-electron chi connectivity index (χ3n) is 6.05. The summed E-state index contributed by atoms with van der Waals surface area (Å²) in [4.78, 5) is 23.4. The molecule has 1 fully saturated rings. The summed E-state index contributed by atoms with van der Waals surface area (Å²) >= 11 is 0. The fourth-order valence-corrected chi connectivity index (χ4v) is 4.20. The van der Waals surface area contributed by atoms with Crippen molar-refractivity contribution in [3.05, 3.63) is 72.2 Å². The molecule has 1 N–H and O–H groups in total. The summed E-state index contributed by atoms with van der Waals surface area (Å²) in [6.45, 7) is 7.16. The number of rotatable bonds is 4. The molecule has 7 nitrogen and oxygen atoms in total. The number of morpholine rings is 1. The van der Waals surface area contributed by atoms with Gasteiger partial charge in [0.1, 0.15) is 16.9 Å². The molecule has 1 aliphatic heterocycles. The molecule has 7 heteroatoms. The second-order valence-corrected chi connectivity index (χ2v) is 9.18. The van der Waals surface area contributed by atoms with Crippen LogP contribution in [0.5, 0.6) is 0 Å². The molecule has 174 valence electrons. The number of benzene rings is 1. The quantitative estimate of drug-likeness (QED) is 0.480. The van der Waals surface area contributed by atoms with Crippen molar-refractivity contribution < 1.29 is 19.1 Å². The van der Waals surface area contributed by atoms with E-state index in [1.54, 1.807) is 26.2 Å². The van der Waals surface area contributed by atoms with Gasteiger partial charge >= 0.3 is 0 Å². The van der Waals surface area contributed by atoms with E-state index >= 15 is 0 Å². The van der Waals surface area contributed by atoms with Crippen LogP contribution < -0.4 is 0 Å². The molecule has 4 aromatic rings. The maximum absolute atomic E-state index is 12.8. The van der Waals surface area contributed by atoms with Gasteiger partial charge in [0.2, 0.25) is 0 Å². The first-order valence-electron chi connectivity index (χ1n) is 11.4. The van der Waals surface area contributed by atoms with E-state index in [-0.39, 0.29) is 12.0 Å². The average Bonchev–Trinajstić information content (AvgIpc) is 3.28. The van der Waals surface area contributed by atoms with Gasteiger partial charge in [-0.2, -0.15) is 0 Å². The topological polar surface area (TPSA) is 88.7 Å². The van der Waals surface area contributed by atoms with Crippen LogP contribution in [0.4, 0.5) is 0 Å². The Morgan fingerprint density at radius 2 is 1.82 bits per heavy atom. The zero-order chi connectivity index (χ0) is 23.9. The van der Waals surface area contributed by atoms with Crippen LogP contribution in [0.15, 0.2) is 65.3 Å². The molecule has 1 amide bonds. The molecule has 3 aromatic heterocycles. The minimum atomic E-state index is -1.05. The zero-order valence-electron chi connectivity index (χ0n) is 19.5. The van der Waals surface area contributed by atoms with Crippen molar-refractivity contribution in [3.63, 3.8) is 0 Å². The molecule has 5 rings (SSSR count). The van der Waals surface area contributed by atoms with Gasteiger partial charge in [0.25, 0.3) is 5.91 Å². The lowest BCUT2D eigenvalue weighted by Gasteiger charge is -2.31. The highest BCUT2D eigenvalue weighted by Gasteiger charge is 2.23. The van der Waals surface area contributed by atoms with Gasteiger partial charge in [0.15, 0.2) is 5.58 Å². The van der Waals surface area contributed by atoms with E-state index in [1.165, 1.54) is 0 Å². The van der Waals surface area contributed by atoms with Crippen LogP contribution in [0.3, 0.4) is 0 Å². The first-order chi connectivity index (χ1) is 16.3. The molecule has 4 heterocycles. The van der Waals surface area contributed by atoms with Crippen LogP contribution in [-0.4, -0.2) is 51.7 Å². The van der Waals surface area contributed by atoms with Gasteiger partial charge in [0, 0.05) is 48.2 Å². The van der Waals surface area contributed by atoms with E-state index in [2.05, 4.69) is 9.97 Å². The number of aliphatic hydroxyl groups is 1. The van der Waals surface area contributed by atoms with Crippen LogP contribution in [0.1, 0.15) is 36.8 Å². The molecule has 0 saturated carbocycles. The van der Waals surface area contributed by atoms with Gasteiger partial charge in [-0.1, -0.05) is 12.1 Å². The Hall–Kier alpha value is -3.55. The predicted octanol–water partition coefficient (Wildman–Crippen LogP) is 4.65. The summed E-state index contributed by atoms with van der Waals surface area (Å²) < 4.78 is 11.8. The Morgan fingerprint density at radius 1 is 1.06 bits per heavy atom. The highest BCUT2D eigenvalue weighted by molar-refractivity contribution is 5.95. The molecular formula is C27H27N3O4. The molecule has 1 saturated heterocycles. The first kappa shape index (κ1) is 22.3. The van der Waals surface area contributed by atoms with Crippen LogP contribution in [0.2, 0.25) is 0 Å². The van der Waals surface area contributed by atoms with Crippen molar-refractivity contribution in [2.24, 2.45) is 0 Å². The van der Waals surface area contributed by atoms with E-state index in [0.717, 1.165) is 22.2 Å². The van der Waals surface area contributed by atoms with Crippen LogP contribution in [0, 0.1) is 0 Å². The second-order valence-electron chi connectivity index (χ2n) is 9.18. The van der Waals surface area contributed by atoms with Crippen molar-refractivity contribution in [1.82, 2.24) is 14.9 Å². The Labute approximate surface area is 198 Å². The van der Waals surface area contributed by atoms with Gasteiger partial charge < -0.3 is 19.2 Å². The molecule has 1 aliphatic rings. The third-order valence-corrected chi connectivity index (χ3v) is 6.05. The van der Waals surface area contributed by atoms with Crippen LogP contribution in [0.25, 0.3) is 33.6 Å². The lowest BCUT2D eigenvalue weighted by Crippen LogP contribution is -2.44. The smallest absolute Gasteiger partial charge is 0.254 e. The maximum atomic E-state index is 12.8. The summed E-state index contributed by atoms with van der Waals surface area (Å²) in [5.74, 6) is 0.682. The van der Waals surface area contributed by atoms with Crippen LogP contribution in [-0.2, 0) is 10.3 Å². The van der Waals surface area contributed by atoms with E-state index < -0.39 is 5.60 Å². The van der Waals surface area contributed by atoms with E-state index in [9.17, 15) is 9.90 Å². The summed E-state index contributed by atoms with van der Waals surface area (Å²) in [5, 5.41) is 10.4. The predicted molar refractivity (Wildman–Crippen MR) is 129 cm³/mol. The maximum Gasteiger partial charge on any atom is 0.254 e. The number of ether oxygens (including phenoxy) is 1. The minimum absolute atomic E-state index is 0.00978. The summed E-state index contributed by atoms with van der Waals surface area (Å²) in [6, 6.07) is 15.0. The number of pyridine rings is 2. The van der Waals surface area contributed by atoms with Gasteiger partial charge in [0.05, 0.1) is 18.4 Å². The number of aromatic nitrogens is 2. The lowest BCUT2D eigenvalue weighted by atomic mass is 10.00. The van der Waals surface area contributed by atoms with E-state index in [1.807, 2.05) is 60.4 Å². The minimum Gasteiger partial charge on any atom is -0.454 e. The van der Waals surface area contributed by atoms with E-state index in [0.29, 0.717) is 42.3 Å². The van der Waals surface area contributed by atoms with Crippen molar-refractivity contribution in [2.45, 2.75) is 32.5 Å². The zero-order valence-corrected chi connectivity index (χ0v) is 19.5. The SMILES string of the molecule is C[C@@H]1CN(C(=O)c2ccc(-c3cc4nccc(-c5ccnc(C(C)(C)O)c5)c4o3)cc2)CCO1. The summed E-state index contributed by atoms with van der Waals surface area (Å²) in [6.07, 6.45) is 3.48. The largest absolute Gasteiger partial charge is 0.454 e. The highest BCUT2D eigenvalue weighted by Crippen LogP contribution is 2.34. The molecule has 0 aliphatic carbocycles. The Bertz CT molecular complexity index is 1340. The van der Waals surface area contributed by atoms with E-state index in [4.69, 9.17) is 9.15 Å². The van der Waals surface area contributed by atoms with Crippen molar-refractivity contribution >= 4 is 17.0 Å². The third kappa shape index (κ3) is 4.32. The number of furan rings is 1. The van der Waals surface area contributed by atoms with Gasteiger partial charge in [-0.3, -0.25) is 14.8 Å². The van der Waals surface area contributed by atoms with Gasteiger partial charge in [-0.25, -0.2) is 0 Å². The highest BCUT2D eigenvalue weighted by atomic mass is 16.5. The molecule has 0 spiro atoms. The van der Waals surface area contributed by atoms with Gasteiger partial charge in [-0.15, -0.1) is 0 Å². The molecule has 0 radical (unpaired) electrons. The number of amides is 1. The van der Waals surface area contributed by atoms with Crippen molar-refractivity contribution in [3.8, 4) is 22.5 Å². The molecule has 0 unspecified atom stereocenters. The normalized spacial score (nSPS) is 16.7. The molecule has 1 atom stereocenters. The molecular weight excluding hydrogens is 430 g/mol. The average molecular weight is 458 g/mol. The summed E-state index contributed by atoms with van der Waals surface area (Å²) in [7, 11) is 0. The lowest BCUT2D eigenvalue weighted by molar-refractivity contribution is -0.0124. The fourth-order valence-electron chi connectivity index (χ4n) is 4.20. The number of hydrogen-bond acceptors (Lipinski definition) is 6. The number of carbonyl (C=O) groups excluding carboxylic acids is 1. The number of fused-ring (bicyclic) bond motifs is 1. The van der Waals surface area contributed by atoms with Crippen molar-refractivity contribution in [1.29, 1.82) is 0 Å². The molecule has 34 heavy (non-hydrogen) atoms. The molecule has 1 aromatic carbocycles. The summed E-state index contributed by atoms with van der Waals surface area (Å²) in [5.41, 5.74) is 4.20. The number of carbonyl (C=O) groups is 1. The van der Waals surface area contributed by atoms with Crippen LogP contribution >= 0.6 is 0 Å². The Morgan fingerprint density at radius 3 is 2.56 bits per heavy atom. The second kappa shape index (κ2) is 8.66. The van der Waals surface area contributed by atoms with Crippen molar-refractivity contribution in [2.75, 3.05) is 19.7 Å².